The number of carbonyl (C=O) groups is 2. The van der Waals surface area contributed by atoms with E-state index in [1.165, 1.54) is 18.1 Å². The van der Waals surface area contributed by atoms with Gasteiger partial charge in [0.25, 0.3) is 5.69 Å². The van der Waals surface area contributed by atoms with Crippen molar-refractivity contribution in [2.24, 2.45) is 5.92 Å². The van der Waals surface area contributed by atoms with Crippen LogP contribution in [0.5, 0.6) is 5.75 Å². The average Bonchev–Trinajstić information content (AvgIpc) is 3.04. The molecule has 1 fully saturated rings. The molecular formula is C19H18ClN3O5. The summed E-state index contributed by atoms with van der Waals surface area (Å²) in [6.07, 6.45) is 0.0103. The van der Waals surface area contributed by atoms with E-state index in [1.54, 1.807) is 37.3 Å². The van der Waals surface area contributed by atoms with Crippen LogP contribution in [-0.2, 0) is 9.59 Å². The Morgan fingerprint density at radius 3 is 2.75 bits per heavy atom. The summed E-state index contributed by atoms with van der Waals surface area (Å²) in [4.78, 5) is 37.1. The summed E-state index contributed by atoms with van der Waals surface area (Å²) in [5, 5.41) is 14.3. The van der Waals surface area contributed by atoms with E-state index in [0.717, 1.165) is 0 Å². The molecule has 0 saturated carbocycles. The largest absolute Gasteiger partial charge is 0.495 e. The second kappa shape index (κ2) is 7.85. The average molecular weight is 404 g/mol. The Morgan fingerprint density at radius 2 is 2.07 bits per heavy atom. The maximum absolute atomic E-state index is 12.6. The van der Waals surface area contributed by atoms with Crippen LogP contribution in [0.3, 0.4) is 0 Å². The number of halogens is 1. The number of benzene rings is 2. The second-order valence-electron chi connectivity index (χ2n) is 6.47. The van der Waals surface area contributed by atoms with Crippen molar-refractivity contribution in [3.63, 3.8) is 0 Å². The molecule has 0 unspecified atom stereocenters. The van der Waals surface area contributed by atoms with Gasteiger partial charge in [-0.1, -0.05) is 17.7 Å². The molecule has 1 saturated heterocycles. The molecule has 3 rings (SSSR count). The minimum atomic E-state index is -0.600. The van der Waals surface area contributed by atoms with Gasteiger partial charge in [-0.2, -0.15) is 0 Å². The SMILES string of the molecule is COc1ccc(Cl)cc1NC(=O)[C@@H]1CC(=O)N(c2ccc(C)c([N+](=O)[O-])c2)C1. The summed E-state index contributed by atoms with van der Waals surface area (Å²) >= 11 is 5.97. The lowest BCUT2D eigenvalue weighted by Crippen LogP contribution is -2.28. The maximum Gasteiger partial charge on any atom is 0.274 e. The zero-order valence-corrected chi connectivity index (χ0v) is 16.0. The lowest BCUT2D eigenvalue weighted by molar-refractivity contribution is -0.385. The van der Waals surface area contributed by atoms with Crippen molar-refractivity contribution in [3.8, 4) is 5.75 Å². The summed E-state index contributed by atoms with van der Waals surface area (Å²) in [7, 11) is 1.48. The molecule has 2 aromatic rings. The number of aryl methyl sites for hydroxylation is 1. The van der Waals surface area contributed by atoms with E-state index in [1.807, 2.05) is 0 Å². The van der Waals surface area contributed by atoms with E-state index in [-0.39, 0.29) is 30.5 Å². The highest BCUT2D eigenvalue weighted by atomic mass is 35.5. The van der Waals surface area contributed by atoms with Gasteiger partial charge in [-0.3, -0.25) is 19.7 Å². The number of nitro benzene ring substituents is 1. The first-order chi connectivity index (χ1) is 13.3. The Bertz CT molecular complexity index is 963. The molecule has 1 N–H and O–H groups in total. The molecule has 0 aliphatic carbocycles. The molecule has 9 heteroatoms. The van der Waals surface area contributed by atoms with Crippen molar-refractivity contribution < 1.29 is 19.2 Å². The Kier molecular flexibility index (Phi) is 5.51. The summed E-state index contributed by atoms with van der Waals surface area (Å²) in [6.45, 7) is 1.76. The molecule has 8 nitrogen and oxygen atoms in total. The van der Waals surface area contributed by atoms with Gasteiger partial charge in [-0.25, -0.2) is 0 Å². The zero-order valence-electron chi connectivity index (χ0n) is 15.3. The molecule has 0 bridgehead atoms. The number of hydrogen-bond donors (Lipinski definition) is 1. The number of rotatable bonds is 5. The van der Waals surface area contributed by atoms with Crippen molar-refractivity contribution in [3.05, 3.63) is 57.1 Å². The molecule has 1 aliphatic heterocycles. The number of anilines is 2. The molecule has 1 atom stereocenters. The van der Waals surface area contributed by atoms with Crippen molar-refractivity contribution in [2.75, 3.05) is 23.9 Å². The standard InChI is InChI=1S/C19H18ClN3O5/c1-11-3-5-14(9-16(11)23(26)27)22-10-12(7-18(22)24)19(25)21-15-8-13(20)4-6-17(15)28-2/h3-6,8-9,12H,7,10H2,1-2H3,(H,21,25)/t12-/m1/s1. The first-order valence-electron chi connectivity index (χ1n) is 8.50. The predicted molar refractivity (Wildman–Crippen MR) is 105 cm³/mol. The van der Waals surface area contributed by atoms with Crippen LogP contribution < -0.4 is 15.0 Å². The predicted octanol–water partition coefficient (Wildman–Crippen LogP) is 3.56. The molecule has 2 aromatic carbocycles. The van der Waals surface area contributed by atoms with E-state index in [2.05, 4.69) is 5.32 Å². The molecule has 28 heavy (non-hydrogen) atoms. The number of hydrogen-bond acceptors (Lipinski definition) is 5. The first kappa shape index (κ1) is 19.6. The molecular weight excluding hydrogens is 386 g/mol. The van der Waals surface area contributed by atoms with E-state index in [0.29, 0.717) is 27.7 Å². The Hall–Kier alpha value is -3.13. The number of nitro groups is 1. The lowest BCUT2D eigenvalue weighted by atomic mass is 10.1. The molecule has 146 valence electrons. The minimum Gasteiger partial charge on any atom is -0.495 e. The fourth-order valence-electron chi connectivity index (χ4n) is 3.11. The normalized spacial score (nSPS) is 16.2. The first-order valence-corrected chi connectivity index (χ1v) is 8.87. The maximum atomic E-state index is 12.6. The van der Waals surface area contributed by atoms with Crippen LogP contribution in [0, 0.1) is 23.0 Å². The van der Waals surface area contributed by atoms with Gasteiger partial charge in [0.2, 0.25) is 11.8 Å². The van der Waals surface area contributed by atoms with Crippen LogP contribution in [0.2, 0.25) is 5.02 Å². The summed E-state index contributed by atoms with van der Waals surface area (Å²) in [5.74, 6) is -0.765. The molecule has 1 heterocycles. The van der Waals surface area contributed by atoms with E-state index >= 15 is 0 Å². The van der Waals surface area contributed by atoms with Crippen molar-refractivity contribution in [1.82, 2.24) is 0 Å². The van der Waals surface area contributed by atoms with Gasteiger partial charge in [-0.15, -0.1) is 0 Å². The second-order valence-corrected chi connectivity index (χ2v) is 6.90. The molecule has 0 aromatic heterocycles. The van der Waals surface area contributed by atoms with Crippen molar-refractivity contribution in [2.45, 2.75) is 13.3 Å². The van der Waals surface area contributed by atoms with Crippen LogP contribution in [0.1, 0.15) is 12.0 Å². The van der Waals surface area contributed by atoms with Crippen LogP contribution >= 0.6 is 11.6 Å². The van der Waals surface area contributed by atoms with Gasteiger partial charge in [0.1, 0.15) is 5.75 Å². The number of methoxy groups -OCH3 is 1. The number of carbonyl (C=O) groups excluding carboxylic acids is 2. The van der Waals surface area contributed by atoms with Gasteiger partial charge >= 0.3 is 0 Å². The van der Waals surface area contributed by atoms with Gasteiger partial charge in [0.05, 0.1) is 29.3 Å². The highest BCUT2D eigenvalue weighted by Gasteiger charge is 2.36. The van der Waals surface area contributed by atoms with Crippen LogP contribution in [0.4, 0.5) is 17.1 Å². The number of amides is 2. The Morgan fingerprint density at radius 1 is 1.32 bits per heavy atom. The van der Waals surface area contributed by atoms with E-state index in [9.17, 15) is 19.7 Å². The van der Waals surface area contributed by atoms with Crippen LogP contribution in [0.25, 0.3) is 0 Å². The third kappa shape index (κ3) is 3.91. The van der Waals surface area contributed by atoms with Crippen molar-refractivity contribution in [1.29, 1.82) is 0 Å². The van der Waals surface area contributed by atoms with Crippen molar-refractivity contribution >= 4 is 40.5 Å². The molecule has 0 radical (unpaired) electrons. The smallest absolute Gasteiger partial charge is 0.274 e. The van der Waals surface area contributed by atoms with Crippen LogP contribution in [0.15, 0.2) is 36.4 Å². The van der Waals surface area contributed by atoms with E-state index in [4.69, 9.17) is 16.3 Å². The minimum absolute atomic E-state index is 0.0103. The third-order valence-corrected chi connectivity index (χ3v) is 4.85. The summed E-state index contributed by atoms with van der Waals surface area (Å²) in [5.41, 5.74) is 1.25. The van der Waals surface area contributed by atoms with Crippen LogP contribution in [-0.4, -0.2) is 30.4 Å². The van der Waals surface area contributed by atoms with E-state index < -0.39 is 10.8 Å². The third-order valence-electron chi connectivity index (χ3n) is 4.62. The Balaban J connectivity index is 1.78. The van der Waals surface area contributed by atoms with Gasteiger partial charge < -0.3 is 15.0 Å². The highest BCUT2D eigenvalue weighted by Crippen LogP contribution is 2.32. The quantitative estimate of drug-likeness (QED) is 0.607. The summed E-state index contributed by atoms with van der Waals surface area (Å²) < 4.78 is 5.21. The number of ether oxygens (including phenoxy) is 1. The topological polar surface area (TPSA) is 102 Å². The fourth-order valence-corrected chi connectivity index (χ4v) is 3.28. The monoisotopic (exact) mass is 403 g/mol. The lowest BCUT2D eigenvalue weighted by Gasteiger charge is -2.17. The molecule has 0 spiro atoms. The highest BCUT2D eigenvalue weighted by molar-refractivity contribution is 6.31. The van der Waals surface area contributed by atoms with Gasteiger partial charge in [0.15, 0.2) is 0 Å². The Labute approximate surface area is 166 Å². The zero-order chi connectivity index (χ0) is 20.4. The number of nitrogens with one attached hydrogen (secondary N) is 1. The fraction of sp³-hybridized carbons (Fsp3) is 0.263. The molecule has 1 aliphatic rings. The molecule has 2 amide bonds. The summed E-state index contributed by atoms with van der Waals surface area (Å²) in [6, 6.07) is 9.42. The number of nitrogens with zero attached hydrogens (tertiary/aromatic N) is 2. The van der Waals surface area contributed by atoms with Gasteiger partial charge in [0, 0.05) is 29.6 Å². The van der Waals surface area contributed by atoms with Gasteiger partial charge in [-0.05, 0) is 31.2 Å².